The van der Waals surface area contributed by atoms with Crippen molar-refractivity contribution in [3.8, 4) is 17.1 Å². The van der Waals surface area contributed by atoms with Crippen LogP contribution in [0.15, 0.2) is 48.7 Å². The van der Waals surface area contributed by atoms with Crippen LogP contribution in [0.2, 0.25) is 0 Å². The van der Waals surface area contributed by atoms with Gasteiger partial charge in [-0.1, -0.05) is 0 Å². The molecule has 2 aromatic carbocycles. The molecule has 1 amide bonds. The summed E-state index contributed by atoms with van der Waals surface area (Å²) in [5.74, 6) is 1.67. The lowest BCUT2D eigenvalue weighted by Gasteiger charge is -2.12. The highest BCUT2D eigenvalue weighted by atomic mass is 16.5. The summed E-state index contributed by atoms with van der Waals surface area (Å²) in [6.07, 6.45) is 2.72. The number of nitrogens with one attached hydrogen (secondary N) is 5. The highest BCUT2D eigenvalue weighted by Gasteiger charge is 2.16. The van der Waals surface area contributed by atoms with E-state index in [1.54, 1.807) is 6.20 Å². The smallest absolute Gasteiger partial charge is 0.258 e. The van der Waals surface area contributed by atoms with Crippen LogP contribution in [0.3, 0.4) is 0 Å². The molecule has 0 saturated carbocycles. The first kappa shape index (κ1) is 19.1. The summed E-state index contributed by atoms with van der Waals surface area (Å²) in [6, 6.07) is 13.4. The molecule has 0 unspecified atom stereocenters. The van der Waals surface area contributed by atoms with Gasteiger partial charge in [0, 0.05) is 29.2 Å². The van der Waals surface area contributed by atoms with Crippen molar-refractivity contribution >= 4 is 28.4 Å². The maximum Gasteiger partial charge on any atom is 0.258 e. The van der Waals surface area contributed by atoms with Crippen molar-refractivity contribution in [3.05, 3.63) is 48.7 Å². The molecule has 0 aliphatic carbocycles. The fraction of sp³-hybridized carbons (Fsp3) is 0.238. The Labute approximate surface area is 177 Å². The summed E-state index contributed by atoms with van der Waals surface area (Å²) in [5.41, 5.74) is 2.71. The lowest BCUT2D eigenvalue weighted by atomic mass is 10.2. The van der Waals surface area contributed by atoms with E-state index >= 15 is 0 Å². The van der Waals surface area contributed by atoms with Crippen LogP contribution in [0.25, 0.3) is 22.3 Å². The van der Waals surface area contributed by atoms with Crippen molar-refractivity contribution in [1.82, 2.24) is 36.0 Å². The zero-order valence-electron chi connectivity index (χ0n) is 16.7. The number of anilines is 2. The summed E-state index contributed by atoms with van der Waals surface area (Å²) in [4.78, 5) is 15.1. The fourth-order valence-electron chi connectivity index (χ4n) is 3.51. The van der Waals surface area contributed by atoms with Crippen molar-refractivity contribution in [3.63, 3.8) is 0 Å². The normalized spacial score (nSPS) is 15.8. The number of aromatic nitrogens is 5. The number of H-pyrrole nitrogens is 2. The van der Waals surface area contributed by atoms with Gasteiger partial charge in [0.05, 0.1) is 11.7 Å². The summed E-state index contributed by atoms with van der Waals surface area (Å²) in [7, 11) is 0. The van der Waals surface area contributed by atoms with Gasteiger partial charge in [0.2, 0.25) is 5.95 Å². The molecule has 2 aromatic heterocycles. The van der Waals surface area contributed by atoms with Gasteiger partial charge in [-0.05, 0) is 55.4 Å². The predicted octanol–water partition coefficient (Wildman–Crippen LogP) is 1.95. The average Bonchev–Trinajstić information content (AvgIpc) is 3.55. The van der Waals surface area contributed by atoms with Gasteiger partial charge in [-0.25, -0.2) is 0 Å². The van der Waals surface area contributed by atoms with Crippen LogP contribution < -0.4 is 20.7 Å². The highest BCUT2D eigenvalue weighted by molar-refractivity contribution is 5.82. The van der Waals surface area contributed by atoms with Gasteiger partial charge >= 0.3 is 0 Å². The number of rotatable bonds is 7. The van der Waals surface area contributed by atoms with Crippen LogP contribution in [0.4, 0.5) is 11.6 Å². The minimum absolute atomic E-state index is 0.00672. The Hall–Kier alpha value is -3.92. The molecule has 4 aromatic rings. The second kappa shape index (κ2) is 8.44. The lowest BCUT2D eigenvalue weighted by Crippen LogP contribution is -2.39. The van der Waals surface area contributed by atoms with E-state index in [0.29, 0.717) is 17.5 Å². The van der Waals surface area contributed by atoms with Gasteiger partial charge in [-0.2, -0.15) is 5.10 Å². The van der Waals surface area contributed by atoms with Crippen molar-refractivity contribution in [2.24, 2.45) is 0 Å². The molecule has 1 aliphatic rings. The standard InChI is InChI=1S/C21H22N8O2/c30-19(24-16-7-8-22-11-16)12-31-17-4-1-13(2-5-17)20-26-21(29-28-20)25-15-3-6-18-14(9-15)10-23-27-18/h1-6,9-10,16,22H,7-8,11-12H2,(H,23,27)(H,24,30)(H2,25,26,28,29)/t16-/m1/s1. The first-order valence-corrected chi connectivity index (χ1v) is 10.1. The van der Waals surface area contributed by atoms with Crippen LogP contribution in [-0.4, -0.2) is 57.0 Å². The van der Waals surface area contributed by atoms with E-state index in [9.17, 15) is 4.79 Å². The van der Waals surface area contributed by atoms with Crippen LogP contribution in [-0.2, 0) is 4.79 Å². The van der Waals surface area contributed by atoms with E-state index in [4.69, 9.17) is 4.74 Å². The van der Waals surface area contributed by atoms with Crippen molar-refractivity contribution < 1.29 is 9.53 Å². The number of carbonyl (C=O) groups is 1. The van der Waals surface area contributed by atoms with Gasteiger partial charge in [-0.15, -0.1) is 10.2 Å². The van der Waals surface area contributed by atoms with Gasteiger partial charge < -0.3 is 25.7 Å². The van der Waals surface area contributed by atoms with E-state index in [1.165, 1.54) is 0 Å². The number of benzene rings is 2. The molecule has 10 heteroatoms. The molecule has 5 rings (SSSR count). The van der Waals surface area contributed by atoms with Crippen LogP contribution in [0.5, 0.6) is 5.75 Å². The Morgan fingerprint density at radius 1 is 1.16 bits per heavy atom. The van der Waals surface area contributed by atoms with Crippen molar-refractivity contribution in [2.45, 2.75) is 12.5 Å². The Kier molecular flexibility index (Phi) is 5.19. The fourth-order valence-corrected chi connectivity index (χ4v) is 3.51. The van der Waals surface area contributed by atoms with E-state index in [0.717, 1.165) is 41.7 Å². The van der Waals surface area contributed by atoms with E-state index in [1.807, 2.05) is 42.5 Å². The van der Waals surface area contributed by atoms with E-state index < -0.39 is 0 Å². The Bertz CT molecular complexity index is 1180. The van der Waals surface area contributed by atoms with Gasteiger partial charge in [-0.3, -0.25) is 9.89 Å². The summed E-state index contributed by atoms with van der Waals surface area (Å²) < 4.78 is 5.58. The Balaban J connectivity index is 1.18. The third-order valence-electron chi connectivity index (χ3n) is 5.11. The number of amides is 1. The second-order valence-electron chi connectivity index (χ2n) is 7.39. The van der Waals surface area contributed by atoms with Crippen LogP contribution in [0.1, 0.15) is 6.42 Å². The molecular formula is C21H22N8O2. The molecule has 158 valence electrons. The number of hydrogen-bond donors (Lipinski definition) is 5. The molecule has 1 saturated heterocycles. The summed E-state index contributed by atoms with van der Waals surface area (Å²) >= 11 is 0. The number of fused-ring (bicyclic) bond motifs is 1. The van der Waals surface area contributed by atoms with E-state index in [-0.39, 0.29) is 18.6 Å². The van der Waals surface area contributed by atoms with Crippen LogP contribution >= 0.6 is 0 Å². The highest BCUT2D eigenvalue weighted by Crippen LogP contribution is 2.23. The van der Waals surface area contributed by atoms with Gasteiger partial charge in [0.15, 0.2) is 12.4 Å². The maximum absolute atomic E-state index is 12.0. The maximum atomic E-state index is 12.0. The number of nitrogens with zero attached hydrogens (tertiary/aromatic N) is 3. The SMILES string of the molecule is O=C(COc1ccc(-c2nnc(Nc3ccc4[nH]ncc4c3)[nH]2)cc1)N[C@@H]1CCNC1. The monoisotopic (exact) mass is 418 g/mol. The molecule has 1 atom stereocenters. The van der Waals surface area contributed by atoms with Gasteiger partial charge in [0.25, 0.3) is 5.91 Å². The molecule has 10 nitrogen and oxygen atoms in total. The number of hydrogen-bond acceptors (Lipinski definition) is 7. The molecule has 31 heavy (non-hydrogen) atoms. The number of carbonyl (C=O) groups excluding carboxylic acids is 1. The zero-order chi connectivity index (χ0) is 21.0. The predicted molar refractivity (Wildman–Crippen MR) is 116 cm³/mol. The molecule has 0 radical (unpaired) electrons. The average molecular weight is 418 g/mol. The minimum Gasteiger partial charge on any atom is -0.484 e. The molecule has 1 aliphatic heterocycles. The van der Waals surface area contributed by atoms with Crippen molar-refractivity contribution in [2.75, 3.05) is 25.0 Å². The molecule has 5 N–H and O–H groups in total. The largest absolute Gasteiger partial charge is 0.484 e. The first-order chi connectivity index (χ1) is 15.2. The molecule has 0 spiro atoms. The molecule has 3 heterocycles. The summed E-state index contributed by atoms with van der Waals surface area (Å²) in [5, 5.41) is 25.7. The number of aromatic amines is 2. The first-order valence-electron chi connectivity index (χ1n) is 10.1. The van der Waals surface area contributed by atoms with Crippen molar-refractivity contribution in [1.29, 1.82) is 0 Å². The Morgan fingerprint density at radius 2 is 2.06 bits per heavy atom. The lowest BCUT2D eigenvalue weighted by molar-refractivity contribution is -0.123. The molecule has 0 bridgehead atoms. The van der Waals surface area contributed by atoms with Crippen LogP contribution in [0, 0.1) is 0 Å². The Morgan fingerprint density at radius 3 is 2.90 bits per heavy atom. The van der Waals surface area contributed by atoms with E-state index in [2.05, 4.69) is 41.3 Å². The van der Waals surface area contributed by atoms with Gasteiger partial charge in [0.1, 0.15) is 5.75 Å². The quantitative estimate of drug-likeness (QED) is 0.310. The minimum atomic E-state index is -0.114. The third kappa shape index (κ3) is 4.48. The summed E-state index contributed by atoms with van der Waals surface area (Å²) in [6.45, 7) is 1.74. The number of ether oxygens (including phenoxy) is 1. The third-order valence-corrected chi connectivity index (χ3v) is 5.11. The topological polar surface area (TPSA) is 133 Å². The second-order valence-corrected chi connectivity index (χ2v) is 7.39. The zero-order valence-corrected chi connectivity index (χ0v) is 16.7. The molecule has 1 fully saturated rings. The molecular weight excluding hydrogens is 396 g/mol.